The highest BCUT2D eigenvalue weighted by molar-refractivity contribution is 7.86. The van der Waals surface area contributed by atoms with E-state index < -0.39 is 10.2 Å². The molecular formula is C3H9N2O2S. The van der Waals surface area contributed by atoms with Crippen LogP contribution < -0.4 is 9.86 Å². The highest BCUT2D eigenvalue weighted by Gasteiger charge is 1.96. The monoisotopic (exact) mass is 137 g/mol. The second-order valence-corrected chi connectivity index (χ2v) is 2.69. The van der Waals surface area contributed by atoms with Crippen molar-refractivity contribution in [2.75, 3.05) is 6.54 Å². The van der Waals surface area contributed by atoms with Crippen molar-refractivity contribution >= 4 is 10.2 Å². The smallest absolute Gasteiger partial charge is 0.201 e. The molecule has 8 heavy (non-hydrogen) atoms. The van der Waals surface area contributed by atoms with Crippen molar-refractivity contribution in [2.24, 2.45) is 0 Å². The maximum absolute atomic E-state index is 9.95. The SMILES string of the molecule is CCCNS([NH])(=O)=O. The molecule has 0 fully saturated rings. The molecule has 0 aromatic carbocycles. The van der Waals surface area contributed by atoms with E-state index in [2.05, 4.69) is 0 Å². The summed E-state index contributed by atoms with van der Waals surface area (Å²) in [4.78, 5) is 0. The summed E-state index contributed by atoms with van der Waals surface area (Å²) in [6.45, 7) is 2.18. The van der Waals surface area contributed by atoms with Gasteiger partial charge in [-0.3, -0.25) is 0 Å². The quantitative estimate of drug-likeness (QED) is 0.570. The van der Waals surface area contributed by atoms with Gasteiger partial charge in [0.1, 0.15) is 0 Å². The van der Waals surface area contributed by atoms with Gasteiger partial charge < -0.3 is 0 Å². The van der Waals surface area contributed by atoms with Gasteiger partial charge in [0, 0.05) is 6.54 Å². The zero-order valence-electron chi connectivity index (χ0n) is 4.64. The maximum atomic E-state index is 9.95. The van der Waals surface area contributed by atoms with Crippen LogP contribution >= 0.6 is 0 Å². The molecule has 0 rings (SSSR count). The first-order valence-electron chi connectivity index (χ1n) is 2.30. The summed E-state index contributed by atoms with van der Waals surface area (Å²) in [6, 6.07) is 0. The molecule has 0 heterocycles. The van der Waals surface area contributed by atoms with Crippen LogP contribution in [0, 0.1) is 0 Å². The van der Waals surface area contributed by atoms with Crippen LogP contribution in [0.2, 0.25) is 0 Å². The summed E-state index contributed by atoms with van der Waals surface area (Å²) >= 11 is 0. The van der Waals surface area contributed by atoms with E-state index in [4.69, 9.17) is 5.14 Å². The van der Waals surface area contributed by atoms with Gasteiger partial charge >= 0.3 is 0 Å². The molecule has 0 amide bonds. The van der Waals surface area contributed by atoms with E-state index in [1.54, 1.807) is 0 Å². The van der Waals surface area contributed by atoms with Gasteiger partial charge in [0.25, 0.3) is 10.2 Å². The zero-order valence-corrected chi connectivity index (χ0v) is 5.46. The van der Waals surface area contributed by atoms with Crippen molar-refractivity contribution in [2.45, 2.75) is 13.3 Å². The lowest BCUT2D eigenvalue weighted by Crippen LogP contribution is -2.24. The molecule has 0 aliphatic rings. The molecule has 0 aromatic heterocycles. The lowest BCUT2D eigenvalue weighted by molar-refractivity contribution is 0.581. The molecule has 1 radical (unpaired) electrons. The fourth-order valence-corrected chi connectivity index (χ4v) is 0.709. The van der Waals surface area contributed by atoms with Gasteiger partial charge in [0.15, 0.2) is 0 Å². The Morgan fingerprint density at radius 2 is 2.12 bits per heavy atom. The van der Waals surface area contributed by atoms with Crippen molar-refractivity contribution in [1.82, 2.24) is 9.86 Å². The summed E-state index contributed by atoms with van der Waals surface area (Å²) in [5.74, 6) is 0. The van der Waals surface area contributed by atoms with Gasteiger partial charge in [-0.2, -0.15) is 8.42 Å². The summed E-state index contributed by atoms with van der Waals surface area (Å²) in [5, 5.41) is 6.30. The van der Waals surface area contributed by atoms with Crippen LogP contribution in [0.3, 0.4) is 0 Å². The Labute approximate surface area is 49.3 Å². The zero-order chi connectivity index (χ0) is 6.62. The molecule has 49 valence electrons. The van der Waals surface area contributed by atoms with E-state index in [0.717, 1.165) is 6.42 Å². The van der Waals surface area contributed by atoms with E-state index in [-0.39, 0.29) is 0 Å². The van der Waals surface area contributed by atoms with Crippen LogP contribution in [0.15, 0.2) is 0 Å². The minimum atomic E-state index is -3.69. The summed E-state index contributed by atoms with van der Waals surface area (Å²) in [7, 11) is -3.69. The molecule has 0 saturated carbocycles. The van der Waals surface area contributed by atoms with Crippen LogP contribution in [0.25, 0.3) is 0 Å². The van der Waals surface area contributed by atoms with E-state index >= 15 is 0 Å². The standard InChI is InChI=1S/C3H9N2O2S/c1-2-3-5-8(4,6)7/h4-5H,2-3H2,1H3. The highest BCUT2D eigenvalue weighted by Crippen LogP contribution is 1.73. The first-order chi connectivity index (χ1) is 3.56. The Morgan fingerprint density at radius 3 is 2.25 bits per heavy atom. The average Bonchev–Trinajstić information content (AvgIpc) is 1.59. The number of hydrogen-bond acceptors (Lipinski definition) is 2. The molecule has 0 aromatic rings. The fraction of sp³-hybridized carbons (Fsp3) is 1.00. The van der Waals surface area contributed by atoms with Gasteiger partial charge in [-0.25, -0.2) is 4.72 Å². The largest absolute Gasteiger partial charge is 0.290 e. The fourth-order valence-electron chi connectivity index (χ4n) is 0.236. The van der Waals surface area contributed by atoms with E-state index in [1.807, 2.05) is 11.6 Å². The predicted molar refractivity (Wildman–Crippen MR) is 30.3 cm³/mol. The van der Waals surface area contributed by atoms with Gasteiger partial charge in [-0.05, 0) is 6.42 Å². The Balaban J connectivity index is 3.42. The van der Waals surface area contributed by atoms with Crippen LogP contribution in [0.4, 0.5) is 0 Å². The summed E-state index contributed by atoms with van der Waals surface area (Å²) < 4.78 is 21.9. The number of rotatable bonds is 3. The van der Waals surface area contributed by atoms with E-state index in [1.165, 1.54) is 0 Å². The second kappa shape index (κ2) is 3.01. The minimum absolute atomic E-state index is 0.353. The lowest BCUT2D eigenvalue weighted by atomic mass is 10.5. The van der Waals surface area contributed by atoms with Gasteiger partial charge in [0.05, 0.1) is 0 Å². The Kier molecular flexibility index (Phi) is 2.96. The third-order valence-corrected chi connectivity index (χ3v) is 1.13. The van der Waals surface area contributed by atoms with Crippen molar-refractivity contribution in [3.63, 3.8) is 0 Å². The molecule has 5 heteroatoms. The molecule has 0 bridgehead atoms. The van der Waals surface area contributed by atoms with E-state index in [0.29, 0.717) is 6.54 Å². The lowest BCUT2D eigenvalue weighted by Gasteiger charge is -1.93. The topological polar surface area (TPSA) is 70.0 Å². The molecule has 0 unspecified atom stereocenters. The van der Waals surface area contributed by atoms with Crippen molar-refractivity contribution < 1.29 is 8.42 Å². The first-order valence-corrected chi connectivity index (χ1v) is 3.79. The predicted octanol–water partition coefficient (Wildman–Crippen LogP) is -0.486. The maximum Gasteiger partial charge on any atom is 0.290 e. The van der Waals surface area contributed by atoms with Crippen molar-refractivity contribution in [3.05, 3.63) is 0 Å². The Morgan fingerprint density at radius 1 is 1.62 bits per heavy atom. The third kappa shape index (κ3) is 5.87. The second-order valence-electron chi connectivity index (χ2n) is 1.40. The first kappa shape index (κ1) is 7.87. The van der Waals surface area contributed by atoms with Crippen LogP contribution in [-0.4, -0.2) is 15.0 Å². The van der Waals surface area contributed by atoms with Gasteiger partial charge in [-0.1, -0.05) is 6.92 Å². The van der Waals surface area contributed by atoms with E-state index in [9.17, 15) is 8.42 Å². The van der Waals surface area contributed by atoms with Crippen molar-refractivity contribution in [3.8, 4) is 0 Å². The number of hydrogen-bond donors (Lipinski definition) is 1. The molecule has 4 nitrogen and oxygen atoms in total. The molecule has 0 aliphatic heterocycles. The molecular weight excluding hydrogens is 128 g/mol. The minimum Gasteiger partial charge on any atom is -0.201 e. The normalized spacial score (nSPS) is 11.8. The summed E-state index contributed by atoms with van der Waals surface area (Å²) in [6.07, 6.45) is 0.720. The third-order valence-electron chi connectivity index (χ3n) is 0.542. The Hall–Kier alpha value is -0.130. The molecule has 2 N–H and O–H groups in total. The molecule has 0 atom stereocenters. The molecule has 0 spiro atoms. The van der Waals surface area contributed by atoms with Crippen molar-refractivity contribution in [1.29, 1.82) is 0 Å². The Bertz CT molecular complexity index is 139. The van der Waals surface area contributed by atoms with Crippen LogP contribution in [-0.2, 0) is 10.2 Å². The summed E-state index contributed by atoms with van der Waals surface area (Å²) in [5.41, 5.74) is 0. The van der Waals surface area contributed by atoms with Gasteiger partial charge in [-0.15, -0.1) is 5.14 Å². The number of nitrogens with one attached hydrogen (secondary N) is 2. The molecule has 0 aliphatic carbocycles. The van der Waals surface area contributed by atoms with Gasteiger partial charge in [0.2, 0.25) is 0 Å². The van der Waals surface area contributed by atoms with Crippen LogP contribution in [0.5, 0.6) is 0 Å². The highest BCUT2D eigenvalue weighted by atomic mass is 32.2. The van der Waals surface area contributed by atoms with Crippen LogP contribution in [0.1, 0.15) is 13.3 Å². The molecule has 0 saturated heterocycles. The average molecular weight is 137 g/mol.